The molecule has 0 saturated carbocycles. The summed E-state index contributed by atoms with van der Waals surface area (Å²) < 4.78 is 18.1. The van der Waals surface area contributed by atoms with Crippen molar-refractivity contribution in [3.8, 4) is 11.5 Å². The Hall–Kier alpha value is -2.57. The fourth-order valence-electron chi connectivity index (χ4n) is 2.69. The normalized spacial score (nSPS) is 12.0. The zero-order chi connectivity index (χ0) is 20.1. The molecular formula is C22H24N2O3S. The Morgan fingerprint density at radius 2 is 1.64 bits per heavy atom. The van der Waals surface area contributed by atoms with Crippen molar-refractivity contribution in [2.75, 3.05) is 5.75 Å². The van der Waals surface area contributed by atoms with Gasteiger partial charge in [0, 0.05) is 12.1 Å². The number of carbonyl (C=O) groups excluding carboxylic acids is 1. The molecule has 5 nitrogen and oxygen atoms in total. The molecule has 0 saturated heterocycles. The molecule has 0 aliphatic rings. The number of hydrogen-bond donors (Lipinski definition) is 1. The number of oxazole rings is 1. The fraction of sp³-hybridized carbons (Fsp3) is 0.273. The van der Waals surface area contributed by atoms with Gasteiger partial charge in [-0.2, -0.15) is 0 Å². The standard InChI is InChI=1S/C22H24N2O3S/c1-15-4-8-18(9-5-15)12-23-21(25)14-28(26)13-20-17(3)27-22(24-20)19-10-6-16(2)7-11-19/h4-11H,12-14H2,1-3H3,(H,23,25). The van der Waals surface area contributed by atoms with Gasteiger partial charge in [0.1, 0.15) is 11.5 Å². The molecule has 28 heavy (non-hydrogen) atoms. The predicted molar refractivity (Wildman–Crippen MR) is 111 cm³/mol. The number of carbonyl (C=O) groups is 1. The number of amides is 1. The van der Waals surface area contributed by atoms with Gasteiger partial charge < -0.3 is 14.3 Å². The Morgan fingerprint density at radius 1 is 1.04 bits per heavy atom. The van der Waals surface area contributed by atoms with Gasteiger partial charge in [-0.3, -0.25) is 4.79 Å². The average Bonchev–Trinajstić information content (AvgIpc) is 3.02. The Balaban J connectivity index is 1.54. The molecule has 146 valence electrons. The maximum atomic E-state index is 12.4. The first-order valence-electron chi connectivity index (χ1n) is 9.11. The summed E-state index contributed by atoms with van der Waals surface area (Å²) in [6.07, 6.45) is 0. The third kappa shape index (κ3) is 5.47. The molecule has 1 atom stereocenters. The summed E-state index contributed by atoms with van der Waals surface area (Å²) in [4.78, 5) is 16.5. The van der Waals surface area contributed by atoms with Crippen LogP contribution in [0.25, 0.3) is 11.5 Å². The van der Waals surface area contributed by atoms with E-state index in [0.29, 0.717) is 23.9 Å². The van der Waals surface area contributed by atoms with Crippen LogP contribution in [0.2, 0.25) is 0 Å². The fourth-order valence-corrected chi connectivity index (χ4v) is 3.76. The topological polar surface area (TPSA) is 78.2 Å². The number of benzene rings is 2. The van der Waals surface area contributed by atoms with E-state index in [1.54, 1.807) is 6.92 Å². The first-order chi connectivity index (χ1) is 13.4. The molecule has 0 spiro atoms. The summed E-state index contributed by atoms with van der Waals surface area (Å²) >= 11 is -1.35. The summed E-state index contributed by atoms with van der Waals surface area (Å²) in [5, 5.41) is 2.81. The van der Waals surface area contributed by atoms with Crippen LogP contribution >= 0.6 is 0 Å². The largest absolute Gasteiger partial charge is 0.616 e. The minimum atomic E-state index is -1.35. The molecule has 0 bridgehead atoms. The lowest BCUT2D eigenvalue weighted by Crippen LogP contribution is -2.30. The van der Waals surface area contributed by atoms with Crippen molar-refractivity contribution in [1.82, 2.24) is 10.3 Å². The SMILES string of the molecule is Cc1ccc(CNC(=O)C[S+]([O-])Cc2nc(-c3ccc(C)cc3)oc2C)cc1. The van der Waals surface area contributed by atoms with E-state index < -0.39 is 11.2 Å². The van der Waals surface area contributed by atoms with Crippen LogP contribution in [-0.4, -0.2) is 21.2 Å². The van der Waals surface area contributed by atoms with Gasteiger partial charge in [0.2, 0.25) is 5.89 Å². The Labute approximate surface area is 168 Å². The zero-order valence-corrected chi connectivity index (χ0v) is 17.1. The zero-order valence-electron chi connectivity index (χ0n) is 16.3. The molecule has 1 heterocycles. The number of hydrogen-bond acceptors (Lipinski definition) is 4. The van der Waals surface area contributed by atoms with Gasteiger partial charge >= 0.3 is 0 Å². The van der Waals surface area contributed by atoms with Crippen molar-refractivity contribution in [3.63, 3.8) is 0 Å². The average molecular weight is 397 g/mol. The van der Waals surface area contributed by atoms with E-state index in [9.17, 15) is 9.35 Å². The van der Waals surface area contributed by atoms with E-state index in [1.807, 2.05) is 62.4 Å². The van der Waals surface area contributed by atoms with Crippen molar-refractivity contribution >= 4 is 17.1 Å². The first kappa shape index (κ1) is 20.2. The first-order valence-corrected chi connectivity index (χ1v) is 10.6. The summed E-state index contributed by atoms with van der Waals surface area (Å²) in [6, 6.07) is 15.8. The Morgan fingerprint density at radius 3 is 2.29 bits per heavy atom. The van der Waals surface area contributed by atoms with Crippen LogP contribution < -0.4 is 5.32 Å². The van der Waals surface area contributed by atoms with Crippen molar-refractivity contribution in [2.24, 2.45) is 0 Å². The van der Waals surface area contributed by atoms with Gasteiger partial charge in [0.05, 0.1) is 0 Å². The lowest BCUT2D eigenvalue weighted by atomic mass is 10.1. The highest BCUT2D eigenvalue weighted by Crippen LogP contribution is 2.23. The number of nitrogens with zero attached hydrogens (tertiary/aromatic N) is 1. The molecule has 1 unspecified atom stereocenters. The molecule has 6 heteroatoms. The van der Waals surface area contributed by atoms with Gasteiger partial charge in [-0.05, 0) is 49.6 Å². The summed E-state index contributed by atoms with van der Waals surface area (Å²) in [5.74, 6) is 1.04. The molecule has 1 N–H and O–H groups in total. The molecule has 1 aromatic heterocycles. The van der Waals surface area contributed by atoms with Crippen LogP contribution in [0.15, 0.2) is 52.9 Å². The van der Waals surface area contributed by atoms with Gasteiger partial charge in [-0.15, -0.1) is 0 Å². The van der Waals surface area contributed by atoms with Crippen LogP contribution in [0.5, 0.6) is 0 Å². The number of rotatable bonds is 7. The van der Waals surface area contributed by atoms with Gasteiger partial charge in [0.25, 0.3) is 5.91 Å². The molecule has 0 aliphatic carbocycles. The van der Waals surface area contributed by atoms with E-state index in [-0.39, 0.29) is 17.4 Å². The quantitative estimate of drug-likeness (QED) is 0.616. The van der Waals surface area contributed by atoms with E-state index in [0.717, 1.165) is 16.7 Å². The van der Waals surface area contributed by atoms with Crippen LogP contribution in [0.4, 0.5) is 0 Å². The van der Waals surface area contributed by atoms with Crippen molar-refractivity contribution in [1.29, 1.82) is 0 Å². The van der Waals surface area contributed by atoms with E-state index >= 15 is 0 Å². The predicted octanol–water partition coefficient (Wildman–Crippen LogP) is 3.83. The van der Waals surface area contributed by atoms with Crippen molar-refractivity contribution in [2.45, 2.75) is 33.1 Å². The van der Waals surface area contributed by atoms with Crippen LogP contribution in [0.3, 0.4) is 0 Å². The summed E-state index contributed by atoms with van der Waals surface area (Å²) in [6.45, 7) is 6.26. The molecular weight excluding hydrogens is 372 g/mol. The van der Waals surface area contributed by atoms with Gasteiger partial charge in [-0.25, -0.2) is 4.98 Å². The highest BCUT2D eigenvalue weighted by molar-refractivity contribution is 7.91. The molecule has 0 fully saturated rings. The third-order valence-corrected chi connectivity index (χ3v) is 5.57. The molecule has 1 amide bonds. The third-order valence-electron chi connectivity index (χ3n) is 4.39. The monoisotopic (exact) mass is 396 g/mol. The lowest BCUT2D eigenvalue weighted by molar-refractivity contribution is -0.118. The van der Waals surface area contributed by atoms with Crippen LogP contribution in [0.1, 0.15) is 28.1 Å². The lowest BCUT2D eigenvalue weighted by Gasteiger charge is -2.10. The highest BCUT2D eigenvalue weighted by Gasteiger charge is 2.19. The minimum absolute atomic E-state index is 0.0575. The van der Waals surface area contributed by atoms with Gasteiger partial charge in [0.15, 0.2) is 11.5 Å². The van der Waals surface area contributed by atoms with E-state index in [1.165, 1.54) is 5.56 Å². The number of nitrogens with one attached hydrogen (secondary N) is 1. The van der Waals surface area contributed by atoms with Gasteiger partial charge in [-0.1, -0.05) is 47.5 Å². The molecule has 0 aliphatic heterocycles. The smallest absolute Gasteiger partial charge is 0.270 e. The Kier molecular flexibility index (Phi) is 6.54. The second kappa shape index (κ2) is 9.08. The Bertz CT molecular complexity index is 933. The van der Waals surface area contributed by atoms with E-state index in [2.05, 4.69) is 10.3 Å². The number of aryl methyl sites for hydroxylation is 3. The number of aromatic nitrogens is 1. The van der Waals surface area contributed by atoms with E-state index in [4.69, 9.17) is 4.42 Å². The second-order valence-electron chi connectivity index (χ2n) is 6.88. The molecule has 0 radical (unpaired) electrons. The van der Waals surface area contributed by atoms with Crippen LogP contribution in [-0.2, 0) is 28.3 Å². The van der Waals surface area contributed by atoms with Crippen LogP contribution in [0, 0.1) is 20.8 Å². The minimum Gasteiger partial charge on any atom is -0.616 e. The second-order valence-corrected chi connectivity index (χ2v) is 8.34. The summed E-state index contributed by atoms with van der Waals surface area (Å²) in [5.41, 5.74) is 4.84. The molecule has 2 aromatic carbocycles. The van der Waals surface area contributed by atoms with Crippen molar-refractivity contribution < 1.29 is 13.8 Å². The summed E-state index contributed by atoms with van der Waals surface area (Å²) in [7, 11) is 0. The molecule has 3 rings (SSSR count). The maximum absolute atomic E-state index is 12.4. The molecule has 3 aromatic rings. The maximum Gasteiger partial charge on any atom is 0.270 e. The van der Waals surface area contributed by atoms with Crippen molar-refractivity contribution in [3.05, 3.63) is 76.7 Å². The highest BCUT2D eigenvalue weighted by atomic mass is 32.2.